The third kappa shape index (κ3) is 6.70. The van der Waals surface area contributed by atoms with Gasteiger partial charge in [-0.1, -0.05) is 20.8 Å². The number of amidine groups is 1. The smallest absolute Gasteiger partial charge is 0.197 e. The third-order valence-corrected chi connectivity index (χ3v) is 7.63. The zero-order chi connectivity index (χ0) is 29.9. The molecule has 2 aromatic carbocycles. The summed E-state index contributed by atoms with van der Waals surface area (Å²) >= 11 is 0. The Balaban J connectivity index is 0.00000484. The van der Waals surface area contributed by atoms with Gasteiger partial charge in [-0.2, -0.15) is 0 Å². The number of anilines is 1. The quantitative estimate of drug-likeness (QED) is 0.266. The summed E-state index contributed by atoms with van der Waals surface area (Å²) in [5.74, 6) is 0.250. The molecule has 0 aliphatic carbocycles. The number of Topliss-reactive ketones (excluding diaryl/α,β-unsaturated/α-hetero) is 1. The number of fused-ring (bicyclic) bond motifs is 1. The number of piperidine rings is 1. The summed E-state index contributed by atoms with van der Waals surface area (Å²) in [7, 11) is 1.67. The molecule has 1 N–H and O–H groups in total. The third-order valence-electron chi connectivity index (χ3n) is 7.63. The van der Waals surface area contributed by atoms with Gasteiger partial charge in [-0.25, -0.2) is 4.39 Å². The molecule has 0 aromatic heterocycles. The fourth-order valence-corrected chi connectivity index (χ4v) is 5.72. The Morgan fingerprint density at radius 2 is 1.76 bits per heavy atom. The second kappa shape index (κ2) is 14.1. The van der Waals surface area contributed by atoms with E-state index in [1.165, 1.54) is 0 Å². The summed E-state index contributed by atoms with van der Waals surface area (Å²) in [6.45, 7) is 14.1. The zero-order valence-corrected chi connectivity index (χ0v) is 27.6. The van der Waals surface area contributed by atoms with Crippen molar-refractivity contribution in [2.75, 3.05) is 44.9 Å². The van der Waals surface area contributed by atoms with Crippen LogP contribution < -0.4 is 19.1 Å². The van der Waals surface area contributed by atoms with Crippen LogP contribution in [0.1, 0.15) is 87.9 Å². The molecule has 4 rings (SSSR count). The molecule has 1 saturated heterocycles. The van der Waals surface area contributed by atoms with E-state index in [1.807, 2.05) is 26.0 Å². The predicted molar refractivity (Wildman–Crippen MR) is 169 cm³/mol. The molecule has 1 atom stereocenters. The molecule has 2 aromatic rings. The van der Waals surface area contributed by atoms with Gasteiger partial charge in [-0.3, -0.25) is 10.2 Å². The molecule has 2 aliphatic rings. The van der Waals surface area contributed by atoms with E-state index in [1.54, 1.807) is 25.0 Å². The van der Waals surface area contributed by atoms with Crippen molar-refractivity contribution >= 4 is 34.3 Å². The second-order valence-corrected chi connectivity index (χ2v) is 11.5. The van der Waals surface area contributed by atoms with E-state index in [0.717, 1.165) is 42.8 Å². The number of nitrogens with zero attached hydrogens (tertiary/aromatic N) is 2. The number of methoxy groups -OCH3 is 1. The Labute approximate surface area is 259 Å². The van der Waals surface area contributed by atoms with Crippen molar-refractivity contribution < 1.29 is 28.1 Å². The minimum atomic E-state index is -0.624. The van der Waals surface area contributed by atoms with Crippen LogP contribution in [0.5, 0.6) is 17.2 Å². The van der Waals surface area contributed by atoms with Crippen LogP contribution in [0.15, 0.2) is 18.2 Å². The van der Waals surface area contributed by atoms with Gasteiger partial charge in [0.2, 0.25) is 0 Å². The van der Waals surface area contributed by atoms with Crippen LogP contribution in [0.3, 0.4) is 0 Å². The van der Waals surface area contributed by atoms with Gasteiger partial charge in [-0.15, -0.1) is 17.0 Å². The van der Waals surface area contributed by atoms with Crippen molar-refractivity contribution in [3.05, 3.63) is 46.3 Å². The van der Waals surface area contributed by atoms with Crippen LogP contribution in [0.25, 0.3) is 0 Å². The molecular formula is C32H45BrFN3O5. The molecule has 0 bridgehead atoms. The monoisotopic (exact) mass is 649 g/mol. The van der Waals surface area contributed by atoms with Crippen LogP contribution in [0.4, 0.5) is 10.1 Å². The molecule has 2 aliphatic heterocycles. The molecule has 0 radical (unpaired) electrons. The van der Waals surface area contributed by atoms with Crippen molar-refractivity contribution in [1.82, 2.24) is 4.90 Å². The number of carbonyl (C=O) groups is 1. The minimum Gasteiger partial charge on any atom is -0.494 e. The number of ether oxygens (including phenoxy) is 4. The lowest BCUT2D eigenvalue weighted by molar-refractivity contribution is 0.0429. The van der Waals surface area contributed by atoms with E-state index in [2.05, 4.69) is 25.7 Å². The van der Waals surface area contributed by atoms with Gasteiger partial charge in [-0.05, 0) is 69.2 Å². The summed E-state index contributed by atoms with van der Waals surface area (Å²) in [6.07, 6.45) is 2.92. The first-order valence-electron chi connectivity index (χ1n) is 14.6. The molecular weight excluding hydrogens is 605 g/mol. The summed E-state index contributed by atoms with van der Waals surface area (Å²) in [5.41, 5.74) is 2.76. The van der Waals surface area contributed by atoms with Gasteiger partial charge in [0.1, 0.15) is 17.8 Å². The molecule has 0 amide bonds. The van der Waals surface area contributed by atoms with Crippen molar-refractivity contribution in [3.8, 4) is 17.2 Å². The van der Waals surface area contributed by atoms with Gasteiger partial charge < -0.3 is 28.7 Å². The minimum absolute atomic E-state index is 0. The number of carbonyl (C=O) groups excluding carboxylic acids is 1. The highest BCUT2D eigenvalue weighted by Crippen LogP contribution is 2.43. The first kappa shape index (κ1) is 33.6. The van der Waals surface area contributed by atoms with Gasteiger partial charge in [0.25, 0.3) is 0 Å². The average molecular weight is 651 g/mol. The van der Waals surface area contributed by atoms with Crippen molar-refractivity contribution in [1.29, 1.82) is 5.41 Å². The van der Waals surface area contributed by atoms with Crippen LogP contribution >= 0.6 is 17.0 Å². The molecule has 0 saturated carbocycles. The predicted octanol–water partition coefficient (Wildman–Crippen LogP) is 6.88. The van der Waals surface area contributed by atoms with E-state index in [-0.39, 0.29) is 71.3 Å². The highest BCUT2D eigenvalue weighted by molar-refractivity contribution is 8.93. The number of hydrogen-bond donors (Lipinski definition) is 1. The number of ketones is 1. The van der Waals surface area contributed by atoms with Crippen molar-refractivity contribution in [3.63, 3.8) is 0 Å². The fraction of sp³-hybridized carbons (Fsp3) is 0.562. The summed E-state index contributed by atoms with van der Waals surface area (Å²) in [5, 5.41) is 8.76. The summed E-state index contributed by atoms with van der Waals surface area (Å²) in [6, 6.07) is 5.51. The van der Waals surface area contributed by atoms with Crippen molar-refractivity contribution in [2.24, 2.45) is 0 Å². The van der Waals surface area contributed by atoms with E-state index < -0.39 is 5.82 Å². The van der Waals surface area contributed by atoms with Crippen LogP contribution in [0, 0.1) is 11.2 Å². The molecule has 42 heavy (non-hydrogen) atoms. The lowest BCUT2D eigenvalue weighted by Crippen LogP contribution is -2.42. The molecule has 1 unspecified atom stereocenters. The Bertz CT molecular complexity index is 1290. The topological polar surface area (TPSA) is 84.3 Å². The normalized spacial score (nSPS) is 16.7. The Kier molecular flexibility index (Phi) is 11.3. The SMILES string of the molecule is Br.CCOc1cc2c(c(F)c1OCC)C(=N)N(CC(=O)c1cc(N3CCCCC3OCC)c(OC)c(C(C)(C)C)c1)C2. The van der Waals surface area contributed by atoms with Gasteiger partial charge >= 0.3 is 0 Å². The van der Waals surface area contributed by atoms with Crippen LogP contribution in [0.2, 0.25) is 0 Å². The highest BCUT2D eigenvalue weighted by Gasteiger charge is 2.35. The molecule has 0 spiro atoms. The van der Waals surface area contributed by atoms with Gasteiger partial charge in [0.15, 0.2) is 23.1 Å². The standard InChI is InChI=1S/C32H44FN3O5.BrH/c1-8-39-25-17-21-18-35(31(34)27(21)28(33)30(25)41-10-3)19-24(37)20-15-22(32(4,5)6)29(38-7)23(16-20)36-14-12-11-13-26(36)40-9-2;/h15-17,26,34H,8-14,18-19H2,1-7H3;1H. The largest absolute Gasteiger partial charge is 0.494 e. The molecule has 232 valence electrons. The van der Waals surface area contributed by atoms with E-state index in [9.17, 15) is 4.79 Å². The summed E-state index contributed by atoms with van der Waals surface area (Å²) in [4.78, 5) is 17.7. The van der Waals surface area contributed by atoms with E-state index in [0.29, 0.717) is 30.1 Å². The van der Waals surface area contributed by atoms with E-state index in [4.69, 9.17) is 24.4 Å². The molecule has 10 heteroatoms. The maximum atomic E-state index is 15.6. The number of hydrogen-bond acceptors (Lipinski definition) is 7. The number of rotatable bonds is 11. The van der Waals surface area contributed by atoms with E-state index >= 15 is 4.39 Å². The maximum absolute atomic E-state index is 15.6. The lowest BCUT2D eigenvalue weighted by atomic mass is 9.84. The van der Waals surface area contributed by atoms with Gasteiger partial charge in [0, 0.05) is 30.8 Å². The summed E-state index contributed by atoms with van der Waals surface area (Å²) < 4.78 is 38.8. The van der Waals surface area contributed by atoms with Crippen LogP contribution in [-0.2, 0) is 16.7 Å². The fourth-order valence-electron chi connectivity index (χ4n) is 5.72. The average Bonchev–Trinajstić information content (AvgIpc) is 3.24. The highest BCUT2D eigenvalue weighted by atomic mass is 79.9. The number of halogens is 2. The number of benzene rings is 2. The molecule has 8 nitrogen and oxygen atoms in total. The van der Waals surface area contributed by atoms with Crippen molar-refractivity contribution in [2.45, 2.75) is 79.0 Å². The Morgan fingerprint density at radius 1 is 1.05 bits per heavy atom. The van der Waals surface area contributed by atoms with Crippen LogP contribution in [-0.4, -0.2) is 62.8 Å². The maximum Gasteiger partial charge on any atom is 0.197 e. The first-order valence-corrected chi connectivity index (χ1v) is 14.6. The number of nitrogens with one attached hydrogen (secondary N) is 1. The zero-order valence-electron chi connectivity index (χ0n) is 25.9. The Morgan fingerprint density at radius 3 is 2.38 bits per heavy atom. The molecule has 1 fully saturated rings. The second-order valence-electron chi connectivity index (χ2n) is 11.5. The lowest BCUT2D eigenvalue weighted by Gasteiger charge is -2.39. The molecule has 2 heterocycles. The first-order chi connectivity index (χ1) is 19.5. The van der Waals surface area contributed by atoms with Gasteiger partial charge in [0.05, 0.1) is 38.1 Å². The Hall–Kier alpha value is -2.85.